The quantitative estimate of drug-likeness (QED) is 0.420. The van der Waals surface area contributed by atoms with Crippen molar-refractivity contribution >= 4 is 39.9 Å². The number of methoxy groups -OCH3 is 1. The maximum Gasteiger partial charge on any atom is 0.265 e. The van der Waals surface area contributed by atoms with Gasteiger partial charge in [-0.15, -0.1) is 11.3 Å². The van der Waals surface area contributed by atoms with E-state index in [0.29, 0.717) is 32.8 Å². The van der Waals surface area contributed by atoms with E-state index in [9.17, 15) is 9.59 Å². The predicted octanol–water partition coefficient (Wildman–Crippen LogP) is 3.94. The number of hydrogen-bond donors (Lipinski definition) is 3. The third-order valence-electron chi connectivity index (χ3n) is 4.37. The van der Waals surface area contributed by atoms with Gasteiger partial charge in [-0.25, -0.2) is 4.98 Å². The number of nitrogens with zero attached hydrogens (tertiary/aromatic N) is 2. The molecule has 4 aromatic rings. The molecule has 0 saturated carbocycles. The fourth-order valence-electron chi connectivity index (χ4n) is 2.89. The number of halogens is 1. The minimum absolute atomic E-state index is 0.283. The number of benzene rings is 1. The van der Waals surface area contributed by atoms with Crippen molar-refractivity contribution < 1.29 is 14.3 Å². The molecule has 0 unspecified atom stereocenters. The van der Waals surface area contributed by atoms with Crippen molar-refractivity contribution in [3.05, 3.63) is 70.6 Å². The first-order valence-corrected chi connectivity index (χ1v) is 9.98. The van der Waals surface area contributed by atoms with E-state index < -0.39 is 11.8 Å². The van der Waals surface area contributed by atoms with Gasteiger partial charge >= 0.3 is 0 Å². The number of primary amides is 1. The number of hydrogen-bond acceptors (Lipinski definition) is 5. The molecule has 1 aromatic carbocycles. The summed E-state index contributed by atoms with van der Waals surface area (Å²) in [7, 11) is 1.49. The molecule has 10 heteroatoms. The molecule has 0 radical (unpaired) electrons. The highest BCUT2D eigenvalue weighted by Crippen LogP contribution is 2.31. The Morgan fingerprint density at radius 3 is 2.70 bits per heavy atom. The smallest absolute Gasteiger partial charge is 0.265 e. The highest BCUT2D eigenvalue weighted by Gasteiger charge is 2.18. The largest absolute Gasteiger partial charge is 0.496 e. The number of aromatic nitrogens is 3. The molecular weight excluding hydrogens is 426 g/mol. The lowest BCUT2D eigenvalue weighted by Gasteiger charge is -2.13. The molecule has 3 aromatic heterocycles. The Morgan fingerprint density at radius 1 is 1.27 bits per heavy atom. The summed E-state index contributed by atoms with van der Waals surface area (Å²) < 4.78 is 7.23. The average Bonchev–Trinajstić information content (AvgIpc) is 3.48. The van der Waals surface area contributed by atoms with Gasteiger partial charge in [0.15, 0.2) is 5.13 Å². The second-order valence-corrected chi connectivity index (χ2v) is 7.52. The number of amides is 2. The zero-order chi connectivity index (χ0) is 21.3. The second kappa shape index (κ2) is 8.05. The SMILES string of the molecule is COc1cc(-n2cccc2)c(Cl)cc1C(=O)Nc1nc(-c2c[nH]c(C(N)=O)c2)cs1. The Balaban J connectivity index is 1.57. The number of anilines is 1. The van der Waals surface area contributed by atoms with Crippen molar-refractivity contribution in [1.29, 1.82) is 0 Å². The maximum absolute atomic E-state index is 12.8. The third-order valence-corrected chi connectivity index (χ3v) is 5.43. The Hall–Kier alpha value is -3.56. The van der Waals surface area contributed by atoms with Crippen molar-refractivity contribution in [2.45, 2.75) is 0 Å². The Labute approximate surface area is 180 Å². The van der Waals surface area contributed by atoms with Crippen LogP contribution in [-0.4, -0.2) is 33.5 Å². The van der Waals surface area contributed by atoms with Gasteiger partial charge in [-0.3, -0.25) is 14.9 Å². The van der Waals surface area contributed by atoms with Crippen LogP contribution in [-0.2, 0) is 0 Å². The molecule has 0 aliphatic rings. The number of nitrogens with two attached hydrogens (primary N) is 1. The van der Waals surface area contributed by atoms with E-state index in [4.69, 9.17) is 22.1 Å². The number of carbonyl (C=O) groups excluding carboxylic acids is 2. The van der Waals surface area contributed by atoms with E-state index in [1.54, 1.807) is 29.8 Å². The van der Waals surface area contributed by atoms with Crippen LogP contribution in [0.5, 0.6) is 5.75 Å². The van der Waals surface area contributed by atoms with E-state index >= 15 is 0 Å². The molecule has 30 heavy (non-hydrogen) atoms. The van der Waals surface area contributed by atoms with Crippen LogP contribution < -0.4 is 15.8 Å². The van der Waals surface area contributed by atoms with Gasteiger partial charge in [0.2, 0.25) is 0 Å². The zero-order valence-corrected chi connectivity index (χ0v) is 17.3. The molecular formula is C20H16ClN5O3S. The minimum Gasteiger partial charge on any atom is -0.496 e. The first kappa shape index (κ1) is 19.7. The summed E-state index contributed by atoms with van der Waals surface area (Å²) in [5.41, 5.74) is 7.81. The number of aromatic amines is 1. The van der Waals surface area contributed by atoms with Crippen LogP contribution in [0.4, 0.5) is 5.13 Å². The van der Waals surface area contributed by atoms with Gasteiger partial charge in [-0.05, 0) is 24.3 Å². The molecule has 0 bridgehead atoms. The van der Waals surface area contributed by atoms with E-state index in [1.807, 2.05) is 29.1 Å². The topological polar surface area (TPSA) is 115 Å². The number of thiazole rings is 1. The van der Waals surface area contributed by atoms with E-state index in [1.165, 1.54) is 18.4 Å². The Bertz CT molecular complexity index is 1230. The molecule has 0 saturated heterocycles. The summed E-state index contributed by atoms with van der Waals surface area (Å²) in [6.07, 6.45) is 5.33. The molecule has 0 fully saturated rings. The van der Waals surface area contributed by atoms with E-state index in [-0.39, 0.29) is 11.3 Å². The highest BCUT2D eigenvalue weighted by molar-refractivity contribution is 7.14. The molecule has 0 spiro atoms. The molecule has 3 heterocycles. The molecule has 0 atom stereocenters. The Morgan fingerprint density at radius 2 is 2.03 bits per heavy atom. The summed E-state index contributed by atoms with van der Waals surface area (Å²) in [5.74, 6) is -0.577. The van der Waals surface area contributed by atoms with Gasteiger partial charge in [0.25, 0.3) is 11.8 Å². The van der Waals surface area contributed by atoms with Gasteiger partial charge in [-0.2, -0.15) is 0 Å². The number of nitrogens with one attached hydrogen (secondary N) is 2. The number of H-pyrrole nitrogens is 1. The molecule has 4 rings (SSSR count). The standard InChI is InChI=1S/C20H16ClN5O3S/c1-29-17-8-16(26-4-2-3-5-26)13(21)7-12(17)19(28)25-20-24-15(10-30-20)11-6-14(18(22)27)23-9-11/h2-10,23H,1H3,(H2,22,27)(H,24,25,28). The van der Waals surface area contributed by atoms with Crippen LogP contribution in [0, 0.1) is 0 Å². The number of ether oxygens (including phenoxy) is 1. The summed E-state index contributed by atoms with van der Waals surface area (Å²) >= 11 is 7.65. The summed E-state index contributed by atoms with van der Waals surface area (Å²) in [6, 6.07) is 8.62. The highest BCUT2D eigenvalue weighted by atomic mass is 35.5. The van der Waals surface area contributed by atoms with Crippen LogP contribution in [0.2, 0.25) is 5.02 Å². The molecule has 8 nitrogen and oxygen atoms in total. The molecule has 4 N–H and O–H groups in total. The van der Waals surface area contributed by atoms with Crippen LogP contribution in [0.1, 0.15) is 20.8 Å². The first-order valence-electron chi connectivity index (χ1n) is 8.72. The summed E-state index contributed by atoms with van der Waals surface area (Å²) in [6.45, 7) is 0. The van der Waals surface area contributed by atoms with Crippen LogP contribution in [0.25, 0.3) is 16.9 Å². The van der Waals surface area contributed by atoms with E-state index in [0.717, 1.165) is 0 Å². The average molecular weight is 442 g/mol. The predicted molar refractivity (Wildman–Crippen MR) is 116 cm³/mol. The molecule has 0 aliphatic carbocycles. The third kappa shape index (κ3) is 3.80. The number of rotatable bonds is 6. The number of carbonyl (C=O) groups is 2. The van der Waals surface area contributed by atoms with Gasteiger partial charge in [0, 0.05) is 35.6 Å². The van der Waals surface area contributed by atoms with Gasteiger partial charge in [0.05, 0.1) is 29.1 Å². The fourth-order valence-corrected chi connectivity index (χ4v) is 3.87. The lowest BCUT2D eigenvalue weighted by Crippen LogP contribution is -2.13. The second-order valence-electron chi connectivity index (χ2n) is 6.25. The first-order chi connectivity index (χ1) is 14.5. The Kier molecular flexibility index (Phi) is 5.30. The molecule has 2 amide bonds. The van der Waals surface area contributed by atoms with Crippen molar-refractivity contribution in [2.24, 2.45) is 5.73 Å². The molecule has 0 aliphatic heterocycles. The van der Waals surface area contributed by atoms with Gasteiger partial charge < -0.3 is 20.0 Å². The van der Waals surface area contributed by atoms with Gasteiger partial charge in [-0.1, -0.05) is 11.6 Å². The van der Waals surface area contributed by atoms with Crippen molar-refractivity contribution in [1.82, 2.24) is 14.5 Å². The lowest BCUT2D eigenvalue weighted by molar-refractivity contribution is 0.0993. The lowest BCUT2D eigenvalue weighted by atomic mass is 10.1. The van der Waals surface area contributed by atoms with Crippen LogP contribution >= 0.6 is 22.9 Å². The molecule has 152 valence electrons. The minimum atomic E-state index is -0.558. The monoisotopic (exact) mass is 441 g/mol. The maximum atomic E-state index is 12.8. The summed E-state index contributed by atoms with van der Waals surface area (Å²) in [5, 5.41) is 5.32. The fraction of sp³-hybridized carbons (Fsp3) is 0.0500. The van der Waals surface area contributed by atoms with Crippen molar-refractivity contribution in [3.8, 4) is 22.7 Å². The summed E-state index contributed by atoms with van der Waals surface area (Å²) in [4.78, 5) is 31.2. The zero-order valence-electron chi connectivity index (χ0n) is 15.7. The van der Waals surface area contributed by atoms with Crippen LogP contribution in [0.3, 0.4) is 0 Å². The van der Waals surface area contributed by atoms with Crippen molar-refractivity contribution in [3.63, 3.8) is 0 Å². The van der Waals surface area contributed by atoms with E-state index in [2.05, 4.69) is 15.3 Å². The normalized spacial score (nSPS) is 10.7. The van der Waals surface area contributed by atoms with Crippen LogP contribution in [0.15, 0.2) is 54.3 Å². The van der Waals surface area contributed by atoms with Gasteiger partial charge in [0.1, 0.15) is 11.4 Å². The van der Waals surface area contributed by atoms with Crippen molar-refractivity contribution in [2.75, 3.05) is 12.4 Å².